The van der Waals surface area contributed by atoms with Crippen molar-refractivity contribution in [3.8, 4) is 0 Å². The highest BCUT2D eigenvalue weighted by molar-refractivity contribution is 4.61. The molecular formula is C6H15NO4. The van der Waals surface area contributed by atoms with Crippen LogP contribution in [0, 0.1) is 0 Å². The summed E-state index contributed by atoms with van der Waals surface area (Å²) in [5.74, 6) is 0. The molecule has 0 bridgehead atoms. The zero-order chi connectivity index (χ0) is 8.69. The molecule has 0 saturated heterocycles. The number of aliphatic hydroxyl groups is 4. The van der Waals surface area contributed by atoms with Gasteiger partial charge in [0.2, 0.25) is 0 Å². The van der Waals surface area contributed by atoms with Crippen molar-refractivity contribution in [2.24, 2.45) is 0 Å². The van der Waals surface area contributed by atoms with Crippen LogP contribution in [0.2, 0.25) is 0 Å². The third kappa shape index (κ3) is 6.21. The summed E-state index contributed by atoms with van der Waals surface area (Å²) in [6, 6.07) is 0. The van der Waals surface area contributed by atoms with Crippen LogP contribution in [0.1, 0.15) is 0 Å². The van der Waals surface area contributed by atoms with E-state index in [-0.39, 0.29) is 26.3 Å². The summed E-state index contributed by atoms with van der Waals surface area (Å²) in [4.78, 5) is 0. The van der Waals surface area contributed by atoms with Gasteiger partial charge in [-0.1, -0.05) is 0 Å². The number of rotatable bonds is 6. The van der Waals surface area contributed by atoms with Crippen LogP contribution in [-0.2, 0) is 0 Å². The first kappa shape index (κ1) is 10.8. The second-order valence-electron chi connectivity index (χ2n) is 2.33. The highest BCUT2D eigenvalue weighted by Crippen LogP contribution is 1.79. The van der Waals surface area contributed by atoms with Crippen molar-refractivity contribution in [1.82, 2.24) is 5.32 Å². The summed E-state index contributed by atoms with van der Waals surface area (Å²) < 4.78 is 0. The van der Waals surface area contributed by atoms with E-state index in [4.69, 9.17) is 20.4 Å². The van der Waals surface area contributed by atoms with Crippen LogP contribution in [0.4, 0.5) is 0 Å². The zero-order valence-electron chi connectivity index (χ0n) is 6.27. The number of nitrogens with one attached hydrogen (secondary N) is 1. The maximum atomic E-state index is 8.79. The van der Waals surface area contributed by atoms with E-state index < -0.39 is 12.2 Å². The fourth-order valence-corrected chi connectivity index (χ4v) is 0.546. The highest BCUT2D eigenvalue weighted by atomic mass is 16.3. The maximum absolute atomic E-state index is 8.79. The SMILES string of the molecule is OC[C@@H](O)CNC[C@@H](O)CO. The second kappa shape index (κ2) is 6.51. The zero-order valence-corrected chi connectivity index (χ0v) is 6.27. The molecule has 0 amide bonds. The van der Waals surface area contributed by atoms with Crippen molar-refractivity contribution in [3.63, 3.8) is 0 Å². The summed E-state index contributed by atoms with van der Waals surface area (Å²) in [6.45, 7) is -0.175. The lowest BCUT2D eigenvalue weighted by Crippen LogP contribution is -2.35. The Morgan fingerprint density at radius 2 is 1.27 bits per heavy atom. The first-order valence-corrected chi connectivity index (χ1v) is 3.49. The van der Waals surface area contributed by atoms with Crippen LogP contribution in [-0.4, -0.2) is 58.9 Å². The van der Waals surface area contributed by atoms with Gasteiger partial charge in [-0.15, -0.1) is 0 Å². The molecule has 0 aliphatic heterocycles. The first-order valence-electron chi connectivity index (χ1n) is 3.49. The predicted molar refractivity (Wildman–Crippen MR) is 39.1 cm³/mol. The smallest absolute Gasteiger partial charge is 0.0894 e. The average molecular weight is 165 g/mol. The lowest BCUT2D eigenvalue weighted by molar-refractivity contribution is 0.0747. The van der Waals surface area contributed by atoms with Gasteiger partial charge >= 0.3 is 0 Å². The molecule has 0 spiro atoms. The Hall–Kier alpha value is -0.200. The molecule has 0 aromatic rings. The lowest BCUT2D eigenvalue weighted by atomic mass is 10.3. The predicted octanol–water partition coefficient (Wildman–Crippen LogP) is -2.72. The van der Waals surface area contributed by atoms with Gasteiger partial charge in [-0.2, -0.15) is 0 Å². The molecule has 68 valence electrons. The summed E-state index contributed by atoms with van der Waals surface area (Å²) in [6.07, 6.45) is -1.61. The van der Waals surface area contributed by atoms with Crippen molar-refractivity contribution in [1.29, 1.82) is 0 Å². The van der Waals surface area contributed by atoms with E-state index in [9.17, 15) is 0 Å². The van der Waals surface area contributed by atoms with E-state index in [2.05, 4.69) is 5.32 Å². The van der Waals surface area contributed by atoms with Crippen LogP contribution in [0.3, 0.4) is 0 Å². The largest absolute Gasteiger partial charge is 0.394 e. The van der Waals surface area contributed by atoms with Crippen molar-refractivity contribution in [2.45, 2.75) is 12.2 Å². The average Bonchev–Trinajstić information content (AvgIpc) is 2.04. The molecule has 0 unspecified atom stereocenters. The number of aliphatic hydroxyl groups excluding tert-OH is 4. The molecule has 0 aliphatic rings. The van der Waals surface area contributed by atoms with Crippen LogP contribution in [0.25, 0.3) is 0 Å². The molecule has 0 radical (unpaired) electrons. The van der Waals surface area contributed by atoms with Gasteiger partial charge in [0.1, 0.15) is 0 Å². The number of hydrogen-bond acceptors (Lipinski definition) is 5. The van der Waals surface area contributed by atoms with Crippen molar-refractivity contribution in [3.05, 3.63) is 0 Å². The summed E-state index contributed by atoms with van der Waals surface area (Å²) in [7, 11) is 0. The molecule has 0 aromatic carbocycles. The van der Waals surface area contributed by atoms with Gasteiger partial charge in [-0.3, -0.25) is 0 Å². The molecule has 2 atom stereocenters. The third-order valence-corrected chi connectivity index (χ3v) is 1.18. The van der Waals surface area contributed by atoms with E-state index in [1.165, 1.54) is 0 Å². The van der Waals surface area contributed by atoms with Crippen molar-refractivity contribution >= 4 is 0 Å². The molecule has 11 heavy (non-hydrogen) atoms. The van der Waals surface area contributed by atoms with E-state index in [0.29, 0.717) is 0 Å². The molecule has 5 nitrogen and oxygen atoms in total. The molecule has 0 aliphatic carbocycles. The van der Waals surface area contributed by atoms with Gasteiger partial charge in [0.15, 0.2) is 0 Å². The van der Waals surface area contributed by atoms with Gasteiger partial charge < -0.3 is 25.7 Å². The minimum Gasteiger partial charge on any atom is -0.394 e. The van der Waals surface area contributed by atoms with E-state index in [1.54, 1.807) is 0 Å². The monoisotopic (exact) mass is 165 g/mol. The molecule has 0 aromatic heterocycles. The minimum atomic E-state index is -0.805. The second-order valence-corrected chi connectivity index (χ2v) is 2.33. The Bertz CT molecular complexity index is 80.7. The van der Waals surface area contributed by atoms with Gasteiger partial charge in [0.05, 0.1) is 25.4 Å². The van der Waals surface area contributed by atoms with Crippen LogP contribution in [0.5, 0.6) is 0 Å². The molecule has 0 rings (SSSR count). The molecule has 0 saturated carbocycles. The third-order valence-electron chi connectivity index (χ3n) is 1.18. The van der Waals surface area contributed by atoms with Crippen LogP contribution in [0.15, 0.2) is 0 Å². The van der Waals surface area contributed by atoms with Gasteiger partial charge in [0, 0.05) is 13.1 Å². The van der Waals surface area contributed by atoms with Gasteiger partial charge in [-0.05, 0) is 0 Å². The summed E-state index contributed by atoms with van der Waals surface area (Å²) in [5, 5.41) is 37.0. The Morgan fingerprint density at radius 3 is 1.55 bits per heavy atom. The maximum Gasteiger partial charge on any atom is 0.0894 e. The Balaban J connectivity index is 3.13. The number of hydrogen-bond donors (Lipinski definition) is 5. The van der Waals surface area contributed by atoms with Gasteiger partial charge in [-0.25, -0.2) is 0 Å². The van der Waals surface area contributed by atoms with E-state index >= 15 is 0 Å². The lowest BCUT2D eigenvalue weighted by Gasteiger charge is -2.10. The van der Waals surface area contributed by atoms with Gasteiger partial charge in [0.25, 0.3) is 0 Å². The van der Waals surface area contributed by atoms with Crippen molar-refractivity contribution < 1.29 is 20.4 Å². The van der Waals surface area contributed by atoms with E-state index in [0.717, 1.165) is 0 Å². The summed E-state index contributed by atoms with van der Waals surface area (Å²) >= 11 is 0. The normalized spacial score (nSPS) is 16.4. The first-order chi connectivity index (χ1) is 5.20. The van der Waals surface area contributed by atoms with Crippen LogP contribution >= 0.6 is 0 Å². The Kier molecular flexibility index (Phi) is 6.39. The molecule has 0 heterocycles. The van der Waals surface area contributed by atoms with Crippen molar-refractivity contribution in [2.75, 3.05) is 26.3 Å². The fourth-order valence-electron chi connectivity index (χ4n) is 0.546. The topological polar surface area (TPSA) is 93.0 Å². The Labute approximate surface area is 65.3 Å². The highest BCUT2D eigenvalue weighted by Gasteiger charge is 2.03. The molecular weight excluding hydrogens is 150 g/mol. The van der Waals surface area contributed by atoms with E-state index in [1.807, 2.05) is 0 Å². The van der Waals surface area contributed by atoms with Crippen LogP contribution < -0.4 is 5.32 Å². The standard InChI is InChI=1S/C6H15NO4/c8-3-5(10)1-7-2-6(11)4-9/h5-11H,1-4H2/t5-,6+. The molecule has 0 fully saturated rings. The quantitative estimate of drug-likeness (QED) is 0.295. The fraction of sp³-hybridized carbons (Fsp3) is 1.00. The minimum absolute atomic E-state index is 0.216. The Morgan fingerprint density at radius 1 is 0.909 bits per heavy atom. The summed E-state index contributed by atoms with van der Waals surface area (Å²) in [5.41, 5.74) is 0. The molecule has 5 N–H and O–H groups in total. The molecule has 5 heteroatoms.